The van der Waals surface area contributed by atoms with Crippen LogP contribution in [-0.2, 0) is 0 Å². The van der Waals surface area contributed by atoms with Gasteiger partial charge in [0.05, 0.1) is 22.8 Å². The summed E-state index contributed by atoms with van der Waals surface area (Å²) in [5.74, 6) is 5.11. The van der Waals surface area contributed by atoms with E-state index in [0.29, 0.717) is 46.6 Å². The summed E-state index contributed by atoms with van der Waals surface area (Å²) in [6, 6.07) is 154. The van der Waals surface area contributed by atoms with E-state index in [1.165, 1.54) is 22.3 Å². The van der Waals surface area contributed by atoms with Crippen LogP contribution in [0.25, 0.3) is 203 Å². The van der Waals surface area contributed by atoms with Gasteiger partial charge in [-0.3, -0.25) is 0 Å². The molecule has 0 saturated heterocycles. The second kappa shape index (κ2) is 34.4. The van der Waals surface area contributed by atoms with E-state index in [1.54, 1.807) is 0 Å². The monoisotopic (exact) mass is 1530 g/mol. The van der Waals surface area contributed by atoms with Gasteiger partial charge in [-0.05, 0) is 91.0 Å². The molecule has 0 aliphatic rings. The lowest BCUT2D eigenvalue weighted by Crippen LogP contribution is -2.01. The lowest BCUT2D eigenvalue weighted by Gasteiger charge is -2.14. The van der Waals surface area contributed by atoms with Crippen molar-refractivity contribution >= 4 is 0 Å². The van der Waals surface area contributed by atoms with Gasteiger partial charge >= 0.3 is 0 Å². The molecule has 4 aromatic heterocycles. The molecule has 0 spiro atoms. The summed E-state index contributed by atoms with van der Waals surface area (Å²) >= 11 is 0. The Hall–Kier alpha value is -16.3. The lowest BCUT2D eigenvalue weighted by atomic mass is 9.94. The van der Waals surface area contributed by atoms with Crippen molar-refractivity contribution in [3.8, 4) is 203 Å². The van der Waals surface area contributed by atoms with Gasteiger partial charge in [-0.1, -0.05) is 425 Å². The fourth-order valence-electron chi connectivity index (χ4n) is 15.0. The van der Waals surface area contributed by atoms with Crippen molar-refractivity contribution in [2.24, 2.45) is 0 Å². The Morgan fingerprint density at radius 2 is 0.283 bits per heavy atom. The summed E-state index contributed by atoms with van der Waals surface area (Å²) in [5, 5.41) is 0. The second-order valence-corrected chi connectivity index (χ2v) is 29.0. The number of hydrogen-bond donors (Lipinski definition) is 0. The molecule has 0 aliphatic carbocycles. The zero-order valence-electron chi connectivity index (χ0n) is 65.2. The number of benzene rings is 16. The van der Waals surface area contributed by atoms with Crippen molar-refractivity contribution in [2.75, 3.05) is 0 Å². The van der Waals surface area contributed by atoms with Gasteiger partial charge in [-0.15, -0.1) is 0 Å². The first-order valence-corrected chi connectivity index (χ1v) is 40.0. The van der Waals surface area contributed by atoms with E-state index >= 15 is 0 Å². The molecule has 0 atom stereocenters. The van der Waals surface area contributed by atoms with E-state index in [-0.39, 0.29) is 0 Å². The fraction of sp³-hybridized carbons (Fsp3) is 0. The van der Waals surface area contributed by atoms with Gasteiger partial charge in [0.1, 0.15) is 0 Å². The van der Waals surface area contributed by atoms with E-state index in [4.69, 9.17) is 49.8 Å². The Labute approximate surface area is 697 Å². The highest BCUT2D eigenvalue weighted by atomic mass is 15.0. The number of aromatic nitrogens is 10. The molecule has 120 heavy (non-hydrogen) atoms. The van der Waals surface area contributed by atoms with E-state index in [0.717, 1.165) is 134 Å². The maximum Gasteiger partial charge on any atom is 0.164 e. The summed E-state index contributed by atoms with van der Waals surface area (Å²) in [5.41, 5.74) is 28.4. The summed E-state index contributed by atoms with van der Waals surface area (Å²) in [7, 11) is 0. The minimum Gasteiger partial charge on any atom is -0.228 e. The normalized spacial score (nSPS) is 11.0. The molecule has 0 bridgehead atoms. The van der Waals surface area contributed by atoms with Crippen LogP contribution in [0.1, 0.15) is 0 Å². The molecule has 10 heteroatoms. The van der Waals surface area contributed by atoms with Crippen LogP contribution in [-0.4, -0.2) is 49.8 Å². The quantitative estimate of drug-likeness (QED) is 0.0819. The zero-order valence-corrected chi connectivity index (χ0v) is 65.2. The van der Waals surface area contributed by atoms with Crippen molar-refractivity contribution in [2.45, 2.75) is 0 Å². The highest BCUT2D eigenvalue weighted by Crippen LogP contribution is 2.40. The van der Waals surface area contributed by atoms with Crippen molar-refractivity contribution < 1.29 is 0 Å². The van der Waals surface area contributed by atoms with Crippen LogP contribution < -0.4 is 0 Å². The van der Waals surface area contributed by atoms with Gasteiger partial charge < -0.3 is 0 Å². The van der Waals surface area contributed by atoms with Crippen LogP contribution in [0.15, 0.2) is 449 Å². The third-order valence-electron chi connectivity index (χ3n) is 21.2. The lowest BCUT2D eigenvalue weighted by molar-refractivity contribution is 1.07. The van der Waals surface area contributed by atoms with Crippen molar-refractivity contribution in [1.29, 1.82) is 0 Å². The molecule has 10 nitrogen and oxygen atoms in total. The van der Waals surface area contributed by atoms with Gasteiger partial charge in [0.25, 0.3) is 0 Å². The molecule has 20 rings (SSSR count). The maximum atomic E-state index is 5.18. The molecular weight excluding hydrogens is 1460 g/mol. The first kappa shape index (κ1) is 73.8. The minimum atomic E-state index is 0.606. The largest absolute Gasteiger partial charge is 0.228 e. The van der Waals surface area contributed by atoms with Gasteiger partial charge in [-0.2, -0.15) is 0 Å². The maximum absolute atomic E-state index is 5.18. The highest BCUT2D eigenvalue weighted by molar-refractivity contribution is 5.88. The second-order valence-electron chi connectivity index (χ2n) is 29.0. The molecule has 0 radical (unpaired) electrons. The first-order valence-electron chi connectivity index (χ1n) is 40.0. The number of hydrogen-bond acceptors (Lipinski definition) is 10. The molecule has 0 amide bonds. The number of nitrogens with zero attached hydrogens (tertiary/aromatic N) is 10. The summed E-state index contributed by atoms with van der Waals surface area (Å²) in [6.07, 6.45) is 0. The zero-order chi connectivity index (χ0) is 80.2. The van der Waals surface area contributed by atoms with Crippen LogP contribution in [0.4, 0.5) is 0 Å². The molecule has 16 aromatic carbocycles. The Balaban J connectivity index is 0.000000159. The molecule has 564 valence electrons. The number of rotatable bonds is 18. The third kappa shape index (κ3) is 16.5. The molecule has 4 heterocycles. The summed E-state index contributed by atoms with van der Waals surface area (Å²) in [6.45, 7) is 0. The van der Waals surface area contributed by atoms with Gasteiger partial charge in [0.2, 0.25) is 0 Å². The first-order chi connectivity index (χ1) is 59.4. The van der Waals surface area contributed by atoms with Crippen LogP contribution in [0.5, 0.6) is 0 Å². The van der Waals surface area contributed by atoms with E-state index in [9.17, 15) is 0 Å². The van der Waals surface area contributed by atoms with E-state index in [1.807, 2.05) is 176 Å². The van der Waals surface area contributed by atoms with E-state index < -0.39 is 0 Å². The van der Waals surface area contributed by atoms with Gasteiger partial charge in [-0.25, -0.2) is 49.8 Å². The Bertz CT molecular complexity index is 6820. The van der Waals surface area contributed by atoms with E-state index in [2.05, 4.69) is 273 Å². The Kier molecular flexibility index (Phi) is 21.2. The van der Waals surface area contributed by atoms with Gasteiger partial charge in [0, 0.05) is 66.8 Å². The molecule has 0 N–H and O–H groups in total. The van der Waals surface area contributed by atoms with Crippen LogP contribution in [0, 0.1) is 0 Å². The van der Waals surface area contributed by atoms with Crippen LogP contribution >= 0.6 is 0 Å². The predicted molar refractivity (Wildman–Crippen MR) is 489 cm³/mol. The van der Waals surface area contributed by atoms with Crippen molar-refractivity contribution in [3.63, 3.8) is 0 Å². The predicted octanol–water partition coefficient (Wildman–Crippen LogP) is 27.3. The third-order valence-corrected chi connectivity index (χ3v) is 21.2. The molecule has 20 aromatic rings. The van der Waals surface area contributed by atoms with Crippen LogP contribution in [0.2, 0.25) is 0 Å². The smallest absolute Gasteiger partial charge is 0.164 e. The average molecular weight is 1540 g/mol. The molecule has 0 aliphatic heterocycles. The van der Waals surface area contributed by atoms with Crippen molar-refractivity contribution in [3.05, 3.63) is 449 Å². The molecular formula is C110H74N10. The molecule has 0 fully saturated rings. The summed E-state index contributed by atoms with van der Waals surface area (Å²) in [4.78, 5) is 50.4. The molecule has 0 saturated carbocycles. The highest BCUT2D eigenvalue weighted by Gasteiger charge is 2.21. The van der Waals surface area contributed by atoms with Crippen LogP contribution in [0.3, 0.4) is 0 Å². The van der Waals surface area contributed by atoms with Gasteiger partial charge in [0.15, 0.2) is 46.6 Å². The minimum absolute atomic E-state index is 0.606. The standard InChI is InChI=1S/2C55H37N5/c1-5-16-38(17-6-1)39-28-32-41(33-29-39)48-26-13-14-27-49(48)51-37-50(56-52(57-51)43-18-7-2-8-19-43)42-34-30-40(31-35-42)46-24-15-25-47(36-46)55-59-53(44-20-9-3-10-21-44)58-54(60-55)45-22-11-4-12-23-45;1-5-16-38(17-6-1)39-28-32-41(33-29-39)48-26-13-14-27-49(48)55-59-53(45-22-11-4-12-23-45)58-54(60-55)47-25-15-24-46(36-47)40-30-34-43(35-31-40)51-37-50(42-18-7-2-8-19-42)56-52(57-51)44-20-9-3-10-21-44/h2*1-37H. The Morgan fingerprint density at radius 1 is 0.0917 bits per heavy atom. The van der Waals surface area contributed by atoms with Crippen molar-refractivity contribution in [1.82, 2.24) is 49.8 Å². The fourth-order valence-corrected chi connectivity index (χ4v) is 15.0. The Morgan fingerprint density at radius 3 is 0.625 bits per heavy atom. The SMILES string of the molecule is c1ccc(-c2ccc(-c3ccccc3-c3cc(-c4ccc(-c5cccc(-c6nc(-c7ccccc7)nc(-c7ccccc7)n6)c5)cc4)nc(-c4ccccc4)n3)cc2)cc1.c1ccc(-c2ccc(-c3ccccc3-c3nc(-c4ccccc4)nc(-c4cccc(-c5ccc(-c6cc(-c7ccccc7)nc(-c7ccccc7)n6)cc5)c4)n3)cc2)cc1. The molecule has 0 unspecified atom stereocenters. The topological polar surface area (TPSA) is 129 Å². The average Bonchev–Trinajstić information content (AvgIpc) is 0.761. The summed E-state index contributed by atoms with van der Waals surface area (Å²) < 4.78 is 0.